The molecular formula is C21H21FO4. The van der Waals surface area contributed by atoms with Crippen LogP contribution in [0.15, 0.2) is 45.6 Å². The summed E-state index contributed by atoms with van der Waals surface area (Å²) >= 11 is 0. The first-order valence-electron chi connectivity index (χ1n) is 8.70. The molecule has 0 fully saturated rings. The van der Waals surface area contributed by atoms with Gasteiger partial charge in [0.1, 0.15) is 28.7 Å². The Morgan fingerprint density at radius 1 is 1.12 bits per heavy atom. The van der Waals surface area contributed by atoms with Crippen molar-refractivity contribution in [1.82, 2.24) is 0 Å². The standard InChI is InChI=1S/C21H21FO4/c1-4-10-24-18-12-19-17(11-14(18)5-2)20(23)21(13(3)25-19)26-16-8-6-15(22)7-9-16/h6-9,11-12H,4-5,10H2,1-3H3. The van der Waals surface area contributed by atoms with E-state index in [1.807, 2.05) is 13.8 Å². The van der Waals surface area contributed by atoms with Crippen LogP contribution in [0.1, 0.15) is 31.6 Å². The van der Waals surface area contributed by atoms with Gasteiger partial charge in [0.2, 0.25) is 11.2 Å². The van der Waals surface area contributed by atoms with Gasteiger partial charge in [0.25, 0.3) is 0 Å². The third-order valence-corrected chi connectivity index (χ3v) is 4.07. The molecule has 0 saturated carbocycles. The first-order chi connectivity index (χ1) is 12.5. The van der Waals surface area contributed by atoms with Gasteiger partial charge in [-0.2, -0.15) is 0 Å². The van der Waals surface area contributed by atoms with Crippen molar-refractivity contribution in [3.8, 4) is 17.2 Å². The smallest absolute Gasteiger partial charge is 0.235 e. The highest BCUT2D eigenvalue weighted by molar-refractivity contribution is 5.81. The van der Waals surface area contributed by atoms with Crippen LogP contribution in [0.5, 0.6) is 17.2 Å². The molecule has 5 heteroatoms. The van der Waals surface area contributed by atoms with Crippen LogP contribution in [0.4, 0.5) is 4.39 Å². The lowest BCUT2D eigenvalue weighted by atomic mass is 10.1. The zero-order valence-electron chi connectivity index (χ0n) is 15.1. The lowest BCUT2D eigenvalue weighted by molar-refractivity contribution is 0.314. The van der Waals surface area contributed by atoms with Gasteiger partial charge in [0.05, 0.1) is 12.0 Å². The molecular weight excluding hydrogens is 335 g/mol. The maximum absolute atomic E-state index is 13.1. The first-order valence-corrected chi connectivity index (χ1v) is 8.70. The second-order valence-electron chi connectivity index (χ2n) is 6.03. The third-order valence-electron chi connectivity index (χ3n) is 4.07. The van der Waals surface area contributed by atoms with Crippen LogP contribution in [-0.4, -0.2) is 6.61 Å². The molecule has 0 radical (unpaired) electrons. The molecule has 1 aromatic heterocycles. The number of fused-ring (bicyclic) bond motifs is 1. The summed E-state index contributed by atoms with van der Waals surface area (Å²) in [6, 6.07) is 9.05. The van der Waals surface area contributed by atoms with Crippen molar-refractivity contribution in [3.05, 3.63) is 63.8 Å². The molecule has 0 aliphatic rings. The van der Waals surface area contributed by atoms with Gasteiger partial charge in [0, 0.05) is 6.07 Å². The average molecular weight is 356 g/mol. The summed E-state index contributed by atoms with van der Waals surface area (Å²) in [4.78, 5) is 12.9. The van der Waals surface area contributed by atoms with Crippen LogP contribution in [0.2, 0.25) is 0 Å². The van der Waals surface area contributed by atoms with Gasteiger partial charge in [-0.15, -0.1) is 0 Å². The van der Waals surface area contributed by atoms with E-state index in [0.717, 1.165) is 24.2 Å². The normalized spacial score (nSPS) is 10.9. The second kappa shape index (κ2) is 7.60. The molecule has 0 bridgehead atoms. The molecule has 0 aliphatic heterocycles. The monoisotopic (exact) mass is 356 g/mol. The Morgan fingerprint density at radius 2 is 1.85 bits per heavy atom. The van der Waals surface area contributed by atoms with Crippen LogP contribution in [0, 0.1) is 12.7 Å². The Hall–Kier alpha value is -2.82. The van der Waals surface area contributed by atoms with Gasteiger partial charge < -0.3 is 13.9 Å². The Morgan fingerprint density at radius 3 is 2.50 bits per heavy atom. The Kier molecular flexibility index (Phi) is 5.26. The number of ether oxygens (including phenoxy) is 2. The van der Waals surface area contributed by atoms with Crippen LogP contribution < -0.4 is 14.9 Å². The zero-order valence-corrected chi connectivity index (χ0v) is 15.1. The summed E-state index contributed by atoms with van der Waals surface area (Å²) in [6.07, 6.45) is 1.63. The van der Waals surface area contributed by atoms with Crippen LogP contribution >= 0.6 is 0 Å². The van der Waals surface area contributed by atoms with Gasteiger partial charge in [0.15, 0.2) is 0 Å². The second-order valence-corrected chi connectivity index (χ2v) is 6.03. The number of benzene rings is 2. The number of rotatable bonds is 6. The van der Waals surface area contributed by atoms with E-state index in [4.69, 9.17) is 13.9 Å². The lowest BCUT2D eigenvalue weighted by Crippen LogP contribution is -2.08. The van der Waals surface area contributed by atoms with E-state index in [2.05, 4.69) is 0 Å². The summed E-state index contributed by atoms with van der Waals surface area (Å²) in [5.74, 6) is 1.20. The molecule has 136 valence electrons. The number of aryl methyl sites for hydroxylation is 2. The predicted molar refractivity (Wildman–Crippen MR) is 98.9 cm³/mol. The molecule has 3 aromatic rings. The van der Waals surface area contributed by atoms with Gasteiger partial charge in [-0.3, -0.25) is 4.79 Å². The highest BCUT2D eigenvalue weighted by Gasteiger charge is 2.16. The van der Waals surface area contributed by atoms with E-state index < -0.39 is 0 Å². The van der Waals surface area contributed by atoms with Crippen molar-refractivity contribution in [2.75, 3.05) is 6.61 Å². The van der Waals surface area contributed by atoms with Crippen molar-refractivity contribution in [2.24, 2.45) is 0 Å². The molecule has 4 nitrogen and oxygen atoms in total. The Labute approximate surface area is 151 Å². The van der Waals surface area contributed by atoms with Crippen LogP contribution in [0.3, 0.4) is 0 Å². The number of hydrogen-bond acceptors (Lipinski definition) is 4. The zero-order chi connectivity index (χ0) is 18.7. The largest absolute Gasteiger partial charge is 0.493 e. The van der Waals surface area contributed by atoms with Crippen LogP contribution in [0.25, 0.3) is 11.0 Å². The summed E-state index contributed by atoms with van der Waals surface area (Å²) in [5.41, 5.74) is 1.14. The van der Waals surface area contributed by atoms with Crippen molar-refractivity contribution in [3.63, 3.8) is 0 Å². The summed E-state index contributed by atoms with van der Waals surface area (Å²) < 4.78 is 30.3. The Bertz CT molecular complexity index is 974. The van der Waals surface area contributed by atoms with Crippen molar-refractivity contribution in [1.29, 1.82) is 0 Å². The molecule has 0 atom stereocenters. The first kappa shape index (κ1) is 18.0. The predicted octanol–water partition coefficient (Wildman–Crippen LogP) is 5.38. The SMILES string of the molecule is CCCOc1cc2oc(C)c(Oc3ccc(F)cc3)c(=O)c2cc1CC. The summed E-state index contributed by atoms with van der Waals surface area (Å²) in [6.45, 7) is 6.31. The lowest BCUT2D eigenvalue weighted by Gasteiger charge is -2.13. The van der Waals surface area contributed by atoms with Gasteiger partial charge in [-0.1, -0.05) is 13.8 Å². The number of halogens is 1. The van der Waals surface area contributed by atoms with Crippen molar-refractivity contribution in [2.45, 2.75) is 33.6 Å². The topological polar surface area (TPSA) is 48.7 Å². The Balaban J connectivity index is 2.08. The molecule has 26 heavy (non-hydrogen) atoms. The fourth-order valence-electron chi connectivity index (χ4n) is 2.72. The molecule has 0 unspecified atom stereocenters. The van der Waals surface area contributed by atoms with Gasteiger partial charge in [-0.05, 0) is 55.7 Å². The highest BCUT2D eigenvalue weighted by Crippen LogP contribution is 2.30. The summed E-state index contributed by atoms with van der Waals surface area (Å²) in [7, 11) is 0. The minimum absolute atomic E-state index is 0.105. The van der Waals surface area contributed by atoms with E-state index >= 15 is 0 Å². The van der Waals surface area contributed by atoms with E-state index in [-0.39, 0.29) is 17.0 Å². The maximum Gasteiger partial charge on any atom is 0.235 e. The number of hydrogen-bond donors (Lipinski definition) is 0. The van der Waals surface area contributed by atoms with Gasteiger partial charge in [-0.25, -0.2) is 4.39 Å². The molecule has 3 rings (SSSR count). The molecule has 2 aromatic carbocycles. The minimum atomic E-state index is -0.369. The highest BCUT2D eigenvalue weighted by atomic mass is 19.1. The van der Waals surface area contributed by atoms with Crippen LogP contribution in [-0.2, 0) is 6.42 Å². The fourth-order valence-corrected chi connectivity index (χ4v) is 2.72. The van der Waals surface area contributed by atoms with Gasteiger partial charge >= 0.3 is 0 Å². The summed E-state index contributed by atoms with van der Waals surface area (Å²) in [5, 5.41) is 0.438. The average Bonchev–Trinajstić information content (AvgIpc) is 2.64. The van der Waals surface area contributed by atoms with E-state index in [9.17, 15) is 9.18 Å². The maximum atomic E-state index is 13.1. The van der Waals surface area contributed by atoms with E-state index in [1.54, 1.807) is 19.1 Å². The van der Waals surface area contributed by atoms with E-state index in [0.29, 0.717) is 29.1 Å². The minimum Gasteiger partial charge on any atom is -0.493 e. The quantitative estimate of drug-likeness (QED) is 0.595. The van der Waals surface area contributed by atoms with Crippen molar-refractivity contribution < 1.29 is 18.3 Å². The molecule has 0 spiro atoms. The molecule has 0 N–H and O–H groups in total. The molecule has 0 aliphatic carbocycles. The fraction of sp³-hybridized carbons (Fsp3) is 0.286. The molecule has 1 heterocycles. The molecule has 0 saturated heterocycles. The van der Waals surface area contributed by atoms with Crippen molar-refractivity contribution >= 4 is 11.0 Å². The third kappa shape index (κ3) is 3.57. The van der Waals surface area contributed by atoms with E-state index in [1.165, 1.54) is 24.3 Å². The molecule has 0 amide bonds.